The molecule has 0 bridgehead atoms. The maximum absolute atomic E-state index is 12.4. The summed E-state index contributed by atoms with van der Waals surface area (Å²) in [4.78, 5) is 16.2. The maximum Gasteiger partial charge on any atom is 0.257 e. The molecule has 1 N–H and O–H groups in total. The molecule has 4 nitrogen and oxygen atoms in total. The van der Waals surface area contributed by atoms with Crippen LogP contribution in [0.4, 0.5) is 0 Å². The number of fused-ring (bicyclic) bond motifs is 1. The van der Waals surface area contributed by atoms with Crippen molar-refractivity contribution in [3.8, 4) is 5.75 Å². The van der Waals surface area contributed by atoms with Crippen LogP contribution in [0, 0.1) is 0 Å². The van der Waals surface area contributed by atoms with Crippen LogP contribution in [-0.2, 0) is 0 Å². The number of carbonyl (C=O) groups is 1. The lowest BCUT2D eigenvalue weighted by atomic mass is 10.0. The number of hydrogen-bond donors (Lipinski definition) is 1. The van der Waals surface area contributed by atoms with Crippen LogP contribution >= 0.6 is 0 Å². The molecule has 0 aliphatic carbocycles. The fraction of sp³-hybridized carbons (Fsp3) is 0.353. The summed E-state index contributed by atoms with van der Waals surface area (Å²) >= 11 is 0. The van der Waals surface area contributed by atoms with Gasteiger partial charge < -0.3 is 14.9 Å². The van der Waals surface area contributed by atoms with Crippen molar-refractivity contribution in [2.45, 2.75) is 6.42 Å². The summed E-state index contributed by atoms with van der Waals surface area (Å²) in [6, 6.07) is 11.1. The maximum atomic E-state index is 12.4. The molecule has 1 amide bonds. The molecular formula is C17H22N2O2. The second kappa shape index (κ2) is 6.59. The number of nitrogens with zero attached hydrogens (tertiary/aromatic N) is 2. The Kier molecular flexibility index (Phi) is 4.81. The van der Waals surface area contributed by atoms with Crippen molar-refractivity contribution in [2.75, 3.05) is 34.2 Å². The van der Waals surface area contributed by atoms with Crippen molar-refractivity contribution >= 4 is 16.7 Å². The molecule has 0 fully saturated rings. The van der Waals surface area contributed by atoms with E-state index in [-0.39, 0.29) is 11.7 Å². The van der Waals surface area contributed by atoms with Crippen molar-refractivity contribution in [2.24, 2.45) is 0 Å². The minimum atomic E-state index is -0.142. The Labute approximate surface area is 125 Å². The number of aromatic hydroxyl groups is 1. The molecule has 0 radical (unpaired) electrons. The number of benzene rings is 2. The van der Waals surface area contributed by atoms with E-state index in [9.17, 15) is 9.90 Å². The molecule has 0 atom stereocenters. The van der Waals surface area contributed by atoms with Crippen molar-refractivity contribution in [3.63, 3.8) is 0 Å². The van der Waals surface area contributed by atoms with Crippen LogP contribution in [0.15, 0.2) is 36.4 Å². The van der Waals surface area contributed by atoms with Crippen molar-refractivity contribution in [1.29, 1.82) is 0 Å². The molecule has 0 unspecified atom stereocenters. The first-order valence-electron chi connectivity index (χ1n) is 7.11. The standard InChI is InChI=1S/C17H22N2O2/c1-18(2)11-6-12-19(3)17(21)15-10-9-13-7-4-5-8-14(13)16(15)20/h4-5,7-10,20H,6,11-12H2,1-3H3. The quantitative estimate of drug-likeness (QED) is 0.918. The van der Waals surface area contributed by atoms with Gasteiger partial charge in [-0.2, -0.15) is 0 Å². The fourth-order valence-electron chi connectivity index (χ4n) is 2.36. The third kappa shape index (κ3) is 3.52. The van der Waals surface area contributed by atoms with E-state index in [2.05, 4.69) is 4.90 Å². The van der Waals surface area contributed by atoms with Gasteiger partial charge in [-0.3, -0.25) is 4.79 Å². The highest BCUT2D eigenvalue weighted by atomic mass is 16.3. The Balaban J connectivity index is 2.17. The molecule has 4 heteroatoms. The van der Waals surface area contributed by atoms with Gasteiger partial charge in [-0.15, -0.1) is 0 Å². The van der Waals surface area contributed by atoms with Gasteiger partial charge in [0.1, 0.15) is 5.75 Å². The van der Waals surface area contributed by atoms with Gasteiger partial charge >= 0.3 is 0 Å². The Morgan fingerprint density at radius 2 is 1.76 bits per heavy atom. The van der Waals surface area contributed by atoms with Crippen molar-refractivity contribution in [1.82, 2.24) is 9.80 Å². The average molecular weight is 286 g/mol. The summed E-state index contributed by atoms with van der Waals surface area (Å²) in [7, 11) is 5.79. The highest BCUT2D eigenvalue weighted by molar-refractivity contribution is 6.03. The molecule has 112 valence electrons. The van der Waals surface area contributed by atoms with Gasteiger partial charge in [0.25, 0.3) is 5.91 Å². The summed E-state index contributed by atoms with van der Waals surface area (Å²) in [5.74, 6) is -0.0745. The van der Waals surface area contributed by atoms with Crippen LogP contribution in [0.3, 0.4) is 0 Å². The Morgan fingerprint density at radius 3 is 2.48 bits per heavy atom. The summed E-state index contributed by atoms with van der Waals surface area (Å²) in [5, 5.41) is 12.0. The van der Waals surface area contributed by atoms with Crippen LogP contribution in [0.2, 0.25) is 0 Å². The van der Waals surface area contributed by atoms with E-state index >= 15 is 0 Å². The summed E-state index contributed by atoms with van der Waals surface area (Å²) in [6.07, 6.45) is 0.906. The highest BCUT2D eigenvalue weighted by Gasteiger charge is 2.17. The van der Waals surface area contributed by atoms with Gasteiger partial charge in [-0.1, -0.05) is 30.3 Å². The second-order valence-corrected chi connectivity index (χ2v) is 5.57. The molecular weight excluding hydrogens is 264 g/mol. The number of hydrogen-bond acceptors (Lipinski definition) is 3. The molecule has 2 aromatic carbocycles. The number of carbonyl (C=O) groups excluding carboxylic acids is 1. The number of phenols is 1. The van der Waals surface area contributed by atoms with Gasteiger partial charge in [-0.05, 0) is 38.5 Å². The van der Waals surface area contributed by atoms with Gasteiger partial charge in [0.05, 0.1) is 5.56 Å². The summed E-state index contributed by atoms with van der Waals surface area (Å²) < 4.78 is 0. The van der Waals surface area contributed by atoms with E-state index in [4.69, 9.17) is 0 Å². The smallest absolute Gasteiger partial charge is 0.257 e. The van der Waals surface area contributed by atoms with Gasteiger partial charge in [0.15, 0.2) is 0 Å². The minimum absolute atomic E-state index is 0.0672. The molecule has 0 aliphatic rings. The van der Waals surface area contributed by atoms with Gasteiger partial charge in [0.2, 0.25) is 0 Å². The molecule has 0 heterocycles. The van der Waals surface area contributed by atoms with Crippen LogP contribution in [-0.4, -0.2) is 55.0 Å². The molecule has 2 aromatic rings. The van der Waals surface area contributed by atoms with Crippen molar-refractivity contribution < 1.29 is 9.90 Å². The van der Waals surface area contributed by atoms with E-state index in [0.717, 1.165) is 18.4 Å². The summed E-state index contributed by atoms with van der Waals surface area (Å²) in [5.41, 5.74) is 0.362. The van der Waals surface area contributed by atoms with E-state index in [1.165, 1.54) is 0 Å². The second-order valence-electron chi connectivity index (χ2n) is 5.57. The normalized spacial score (nSPS) is 11.0. The molecule has 2 rings (SSSR count). The number of rotatable bonds is 5. The Hall–Kier alpha value is -2.07. The molecule has 0 saturated carbocycles. The Morgan fingerprint density at radius 1 is 1.05 bits per heavy atom. The molecule has 0 saturated heterocycles. The fourth-order valence-corrected chi connectivity index (χ4v) is 2.36. The molecule has 0 aromatic heterocycles. The third-order valence-electron chi connectivity index (χ3n) is 3.58. The predicted molar refractivity (Wildman–Crippen MR) is 85.7 cm³/mol. The van der Waals surface area contributed by atoms with Crippen LogP contribution in [0.5, 0.6) is 5.75 Å². The van der Waals surface area contributed by atoms with Crippen LogP contribution in [0.25, 0.3) is 10.8 Å². The van der Waals surface area contributed by atoms with Gasteiger partial charge in [-0.25, -0.2) is 0 Å². The van der Waals surface area contributed by atoms with Crippen LogP contribution in [0.1, 0.15) is 16.8 Å². The lowest BCUT2D eigenvalue weighted by molar-refractivity contribution is 0.0788. The first kappa shape index (κ1) is 15.3. The molecule has 0 aliphatic heterocycles. The molecule has 0 spiro atoms. The van der Waals surface area contributed by atoms with Crippen LogP contribution < -0.4 is 0 Å². The van der Waals surface area contributed by atoms with Crippen molar-refractivity contribution in [3.05, 3.63) is 42.0 Å². The first-order valence-corrected chi connectivity index (χ1v) is 7.11. The monoisotopic (exact) mass is 286 g/mol. The number of amides is 1. The lowest BCUT2D eigenvalue weighted by Crippen LogP contribution is -2.29. The number of phenolic OH excluding ortho intramolecular Hbond substituents is 1. The topological polar surface area (TPSA) is 43.8 Å². The van der Waals surface area contributed by atoms with E-state index in [1.807, 2.05) is 44.4 Å². The highest BCUT2D eigenvalue weighted by Crippen LogP contribution is 2.29. The summed E-state index contributed by atoms with van der Waals surface area (Å²) in [6.45, 7) is 1.60. The molecule has 21 heavy (non-hydrogen) atoms. The third-order valence-corrected chi connectivity index (χ3v) is 3.58. The zero-order valence-corrected chi connectivity index (χ0v) is 12.8. The lowest BCUT2D eigenvalue weighted by Gasteiger charge is -2.19. The zero-order chi connectivity index (χ0) is 15.4. The largest absolute Gasteiger partial charge is 0.506 e. The van der Waals surface area contributed by atoms with E-state index in [1.54, 1.807) is 18.0 Å². The van der Waals surface area contributed by atoms with E-state index < -0.39 is 0 Å². The Bertz CT molecular complexity index is 638. The minimum Gasteiger partial charge on any atom is -0.506 e. The first-order chi connectivity index (χ1) is 10.0. The van der Waals surface area contributed by atoms with Gasteiger partial charge in [0, 0.05) is 19.0 Å². The average Bonchev–Trinajstić information content (AvgIpc) is 2.47. The predicted octanol–water partition coefficient (Wildman–Crippen LogP) is 2.57. The SMILES string of the molecule is CN(C)CCCN(C)C(=O)c1ccc2ccccc2c1O. The zero-order valence-electron chi connectivity index (χ0n) is 12.8. The van der Waals surface area contributed by atoms with E-state index in [0.29, 0.717) is 17.5 Å².